The van der Waals surface area contributed by atoms with Gasteiger partial charge in [0.15, 0.2) is 11.5 Å². The highest BCUT2D eigenvalue weighted by atomic mass is 32.1. The van der Waals surface area contributed by atoms with Gasteiger partial charge >= 0.3 is 0 Å². The van der Waals surface area contributed by atoms with E-state index in [0.29, 0.717) is 29.3 Å². The molecule has 0 bridgehead atoms. The minimum atomic E-state index is -0.0717. The number of carbonyl (C=O) groups is 1. The zero-order chi connectivity index (χ0) is 15.5. The molecule has 0 radical (unpaired) electrons. The molecule has 2 aromatic rings. The number of carbonyl (C=O) groups excluding carboxylic acids is 1. The lowest BCUT2D eigenvalue weighted by Gasteiger charge is -2.09. The third-order valence-electron chi connectivity index (χ3n) is 3.32. The number of rotatable bonds is 5. The summed E-state index contributed by atoms with van der Waals surface area (Å²) in [5, 5.41) is 5.89. The highest BCUT2D eigenvalue weighted by Crippen LogP contribution is 2.38. The van der Waals surface area contributed by atoms with Gasteiger partial charge in [-0.25, -0.2) is 4.98 Å². The van der Waals surface area contributed by atoms with Crippen LogP contribution in [-0.4, -0.2) is 17.7 Å². The molecule has 1 amide bonds. The van der Waals surface area contributed by atoms with Crippen LogP contribution in [0.1, 0.15) is 23.5 Å². The monoisotopic (exact) mass is 319 g/mol. The lowest BCUT2D eigenvalue weighted by molar-refractivity contribution is -0.116. The molecular weight excluding hydrogens is 302 g/mol. The van der Waals surface area contributed by atoms with E-state index in [9.17, 15) is 4.79 Å². The van der Waals surface area contributed by atoms with Crippen molar-refractivity contribution in [1.29, 1.82) is 0 Å². The fourth-order valence-electron chi connectivity index (χ4n) is 2.23. The summed E-state index contributed by atoms with van der Waals surface area (Å²) in [6.07, 6.45) is 1.97. The first-order valence-electron chi connectivity index (χ1n) is 7.02. The van der Waals surface area contributed by atoms with Crippen LogP contribution in [0, 0.1) is 6.92 Å². The van der Waals surface area contributed by atoms with Crippen LogP contribution >= 0.6 is 11.3 Å². The number of anilines is 2. The highest BCUT2D eigenvalue weighted by molar-refractivity contribution is 7.09. The molecule has 0 unspecified atom stereocenters. The molecule has 0 saturated carbocycles. The average Bonchev–Trinajstić information content (AvgIpc) is 3.08. The molecule has 2 heterocycles. The number of aromatic nitrogens is 1. The number of fused-ring (bicyclic) bond motifs is 1. The predicted octanol–water partition coefficient (Wildman–Crippen LogP) is 2.72. The number of nitrogens with two attached hydrogens (primary N) is 1. The third-order valence-corrected chi connectivity index (χ3v) is 4.14. The Morgan fingerprint density at radius 2 is 2.18 bits per heavy atom. The predicted molar refractivity (Wildman–Crippen MR) is 85.4 cm³/mol. The zero-order valence-corrected chi connectivity index (χ0v) is 13.0. The molecule has 3 rings (SSSR count). The standard InChI is InChI=1S/C15H17N3O3S/c1-9-17-10(7-22-9)3-2-4-15(19)18-12-6-14-13(5-11(12)16)20-8-21-14/h5-7H,2-4,8,16H2,1H3,(H,18,19). The molecule has 0 atom stereocenters. The van der Waals surface area contributed by atoms with Crippen LogP contribution in [0.2, 0.25) is 0 Å². The maximum atomic E-state index is 12.0. The Morgan fingerprint density at radius 1 is 1.41 bits per heavy atom. The molecule has 0 spiro atoms. The number of nitrogens with zero attached hydrogens (tertiary/aromatic N) is 1. The Kier molecular flexibility index (Phi) is 4.15. The summed E-state index contributed by atoms with van der Waals surface area (Å²) < 4.78 is 10.5. The van der Waals surface area contributed by atoms with Crippen molar-refractivity contribution in [1.82, 2.24) is 4.98 Å². The number of nitrogens with one attached hydrogen (secondary N) is 1. The van der Waals surface area contributed by atoms with Gasteiger partial charge in [-0.1, -0.05) is 0 Å². The summed E-state index contributed by atoms with van der Waals surface area (Å²) in [7, 11) is 0. The van der Waals surface area contributed by atoms with Crippen molar-refractivity contribution < 1.29 is 14.3 Å². The van der Waals surface area contributed by atoms with Crippen molar-refractivity contribution >= 4 is 28.6 Å². The van der Waals surface area contributed by atoms with Gasteiger partial charge in [0, 0.05) is 23.9 Å². The van der Waals surface area contributed by atoms with E-state index in [-0.39, 0.29) is 12.7 Å². The van der Waals surface area contributed by atoms with Crippen molar-refractivity contribution in [2.24, 2.45) is 0 Å². The Hall–Kier alpha value is -2.28. The minimum Gasteiger partial charge on any atom is -0.454 e. The van der Waals surface area contributed by atoms with Crippen LogP contribution in [0.5, 0.6) is 11.5 Å². The number of ether oxygens (including phenoxy) is 2. The summed E-state index contributed by atoms with van der Waals surface area (Å²) in [5.41, 5.74) is 7.97. The van der Waals surface area contributed by atoms with E-state index < -0.39 is 0 Å². The van der Waals surface area contributed by atoms with Gasteiger partial charge in [0.1, 0.15) is 0 Å². The molecule has 1 aliphatic rings. The van der Waals surface area contributed by atoms with Crippen molar-refractivity contribution in [3.8, 4) is 11.5 Å². The second kappa shape index (κ2) is 6.23. The summed E-state index contributed by atoms with van der Waals surface area (Å²) >= 11 is 1.63. The van der Waals surface area contributed by atoms with Crippen molar-refractivity contribution in [2.75, 3.05) is 17.8 Å². The fourth-order valence-corrected chi connectivity index (χ4v) is 2.88. The number of hydrogen-bond acceptors (Lipinski definition) is 6. The van der Waals surface area contributed by atoms with Gasteiger partial charge in [-0.15, -0.1) is 11.3 Å². The fraction of sp³-hybridized carbons (Fsp3) is 0.333. The first kappa shape index (κ1) is 14.6. The summed E-state index contributed by atoms with van der Waals surface area (Å²) in [6.45, 7) is 2.16. The number of nitrogen functional groups attached to an aromatic ring is 1. The normalized spacial score (nSPS) is 12.4. The number of hydrogen-bond donors (Lipinski definition) is 2. The smallest absolute Gasteiger partial charge is 0.231 e. The molecule has 0 saturated heterocycles. The molecule has 1 aromatic carbocycles. The van der Waals surface area contributed by atoms with Gasteiger partial charge in [-0.2, -0.15) is 0 Å². The van der Waals surface area contributed by atoms with Gasteiger partial charge in [-0.05, 0) is 19.8 Å². The molecule has 0 fully saturated rings. The molecule has 3 N–H and O–H groups in total. The molecule has 116 valence electrons. The zero-order valence-electron chi connectivity index (χ0n) is 12.2. The van der Waals surface area contributed by atoms with Gasteiger partial charge < -0.3 is 20.5 Å². The first-order valence-corrected chi connectivity index (χ1v) is 7.90. The molecule has 7 heteroatoms. The van der Waals surface area contributed by atoms with E-state index in [2.05, 4.69) is 10.3 Å². The van der Waals surface area contributed by atoms with E-state index >= 15 is 0 Å². The van der Waals surface area contributed by atoms with E-state index in [0.717, 1.165) is 23.5 Å². The second-order valence-corrected chi connectivity index (χ2v) is 6.11. The maximum absolute atomic E-state index is 12.0. The average molecular weight is 319 g/mol. The van der Waals surface area contributed by atoms with E-state index in [1.807, 2.05) is 12.3 Å². The van der Waals surface area contributed by atoms with Gasteiger partial charge in [0.05, 0.1) is 22.1 Å². The van der Waals surface area contributed by atoms with Gasteiger partial charge in [0.2, 0.25) is 12.7 Å². The lowest BCUT2D eigenvalue weighted by Crippen LogP contribution is -2.13. The van der Waals surface area contributed by atoms with E-state index in [4.69, 9.17) is 15.2 Å². The summed E-state index contributed by atoms with van der Waals surface area (Å²) in [6, 6.07) is 3.36. The summed E-state index contributed by atoms with van der Waals surface area (Å²) in [5.74, 6) is 1.13. The molecule has 6 nitrogen and oxygen atoms in total. The Bertz CT molecular complexity index is 699. The summed E-state index contributed by atoms with van der Waals surface area (Å²) in [4.78, 5) is 16.4. The lowest BCUT2D eigenvalue weighted by atomic mass is 10.2. The Balaban J connectivity index is 1.53. The van der Waals surface area contributed by atoms with Crippen LogP contribution in [-0.2, 0) is 11.2 Å². The van der Waals surface area contributed by atoms with Crippen molar-refractivity contribution in [2.45, 2.75) is 26.2 Å². The molecular formula is C15H17N3O3S. The van der Waals surface area contributed by atoms with Gasteiger partial charge in [0.25, 0.3) is 0 Å². The largest absolute Gasteiger partial charge is 0.454 e. The molecule has 1 aliphatic heterocycles. The highest BCUT2D eigenvalue weighted by Gasteiger charge is 2.17. The van der Waals surface area contributed by atoms with Crippen LogP contribution in [0.15, 0.2) is 17.5 Å². The Morgan fingerprint density at radius 3 is 2.91 bits per heavy atom. The van der Waals surface area contributed by atoms with Crippen LogP contribution < -0.4 is 20.5 Å². The first-order chi connectivity index (χ1) is 10.6. The van der Waals surface area contributed by atoms with Gasteiger partial charge in [-0.3, -0.25) is 4.79 Å². The van der Waals surface area contributed by atoms with E-state index in [1.165, 1.54) is 0 Å². The topological polar surface area (TPSA) is 86.5 Å². The Labute approximate surface area is 132 Å². The SMILES string of the molecule is Cc1nc(CCCC(=O)Nc2cc3c(cc2N)OCO3)cs1. The minimum absolute atomic E-state index is 0.0717. The maximum Gasteiger partial charge on any atom is 0.231 e. The van der Waals surface area contributed by atoms with Crippen molar-refractivity contribution in [3.63, 3.8) is 0 Å². The number of aryl methyl sites for hydroxylation is 2. The van der Waals surface area contributed by atoms with Crippen LogP contribution in [0.3, 0.4) is 0 Å². The quantitative estimate of drug-likeness (QED) is 0.828. The van der Waals surface area contributed by atoms with Crippen LogP contribution in [0.4, 0.5) is 11.4 Å². The number of thiazole rings is 1. The molecule has 0 aliphatic carbocycles. The van der Waals surface area contributed by atoms with E-state index in [1.54, 1.807) is 23.5 Å². The molecule has 1 aromatic heterocycles. The second-order valence-electron chi connectivity index (χ2n) is 5.05. The van der Waals surface area contributed by atoms with Crippen molar-refractivity contribution in [3.05, 3.63) is 28.2 Å². The van der Waals surface area contributed by atoms with Crippen LogP contribution in [0.25, 0.3) is 0 Å². The number of amides is 1. The number of benzene rings is 1. The third kappa shape index (κ3) is 3.30. The molecule has 22 heavy (non-hydrogen) atoms.